The number of amides is 3. The summed E-state index contributed by atoms with van der Waals surface area (Å²) in [6.45, 7) is 12.3. The molecule has 1 aromatic carbocycles. The van der Waals surface area contributed by atoms with Gasteiger partial charge in [-0.3, -0.25) is 9.59 Å². The molecule has 0 spiro atoms. The first-order valence-corrected chi connectivity index (χ1v) is 11.9. The quantitative estimate of drug-likeness (QED) is 0.361. The molecule has 3 unspecified atom stereocenters. The number of hydrogen-bond donors (Lipinski definition) is 4. The largest absolute Gasteiger partial charge is 0.508 e. The highest BCUT2D eigenvalue weighted by molar-refractivity contribution is 5.92. The van der Waals surface area contributed by atoms with Gasteiger partial charge in [-0.05, 0) is 70.7 Å². The van der Waals surface area contributed by atoms with E-state index in [1.165, 1.54) is 11.0 Å². The Kier molecular flexibility index (Phi) is 11.3. The zero-order valence-electron chi connectivity index (χ0n) is 21.5. The van der Waals surface area contributed by atoms with Crippen LogP contribution in [0.25, 0.3) is 0 Å². The van der Waals surface area contributed by atoms with Crippen molar-refractivity contribution in [1.29, 1.82) is 0 Å². The molecule has 0 bridgehead atoms. The Morgan fingerprint density at radius 2 is 1.82 bits per heavy atom. The van der Waals surface area contributed by atoms with E-state index in [0.29, 0.717) is 24.1 Å². The predicted octanol–water partition coefficient (Wildman–Crippen LogP) is 3.17. The number of nitrogens with one attached hydrogen (secondary N) is 2. The van der Waals surface area contributed by atoms with Crippen LogP contribution < -0.4 is 10.6 Å². The van der Waals surface area contributed by atoms with Crippen LogP contribution in [0.15, 0.2) is 18.2 Å². The van der Waals surface area contributed by atoms with Gasteiger partial charge in [-0.25, -0.2) is 4.79 Å². The van der Waals surface area contributed by atoms with Gasteiger partial charge in [-0.1, -0.05) is 26.3 Å². The maximum atomic E-state index is 13.6. The van der Waals surface area contributed by atoms with Gasteiger partial charge in [0.05, 0.1) is 6.61 Å². The molecular weight excluding hydrogens is 438 g/mol. The van der Waals surface area contributed by atoms with E-state index in [4.69, 9.17) is 4.74 Å². The maximum Gasteiger partial charge on any atom is 0.408 e. The Morgan fingerprint density at radius 3 is 2.32 bits per heavy atom. The Bertz CT molecular complexity index is 836. The Morgan fingerprint density at radius 1 is 1.18 bits per heavy atom. The summed E-state index contributed by atoms with van der Waals surface area (Å²) in [5, 5.41) is 25.2. The smallest absolute Gasteiger partial charge is 0.408 e. The number of phenolic OH excluding ortho intramolecular Hbond substituents is 1. The molecule has 3 atom stereocenters. The molecule has 0 heterocycles. The summed E-state index contributed by atoms with van der Waals surface area (Å²) < 4.78 is 5.23. The highest BCUT2D eigenvalue weighted by Crippen LogP contribution is 2.29. The van der Waals surface area contributed by atoms with E-state index in [-0.39, 0.29) is 11.7 Å². The van der Waals surface area contributed by atoms with Crippen molar-refractivity contribution in [3.05, 3.63) is 29.3 Å². The standard InChI is InChI=1S/C25H41N3O6/c1-8-10-13-26-22(31)21(18-11-12-20(30)16(3)14-18)28(17(4)9-2)23(32)19(15-29)27-24(33)34-25(5,6)7/h11-12,14,17,19,21,29-30H,8-10,13,15H2,1-7H3,(H,26,31)(H,27,33). The summed E-state index contributed by atoms with van der Waals surface area (Å²) in [6, 6.07) is 2.04. The Hall–Kier alpha value is -2.81. The van der Waals surface area contributed by atoms with E-state index in [0.717, 1.165) is 12.8 Å². The monoisotopic (exact) mass is 479 g/mol. The fourth-order valence-corrected chi connectivity index (χ4v) is 3.38. The fourth-order valence-electron chi connectivity index (χ4n) is 3.38. The number of carbonyl (C=O) groups is 3. The van der Waals surface area contributed by atoms with Crippen LogP contribution in [0, 0.1) is 6.92 Å². The number of aliphatic hydroxyl groups is 1. The topological polar surface area (TPSA) is 128 Å². The molecule has 1 aromatic rings. The van der Waals surface area contributed by atoms with Gasteiger partial charge in [0.2, 0.25) is 11.8 Å². The number of carbonyl (C=O) groups excluding carboxylic acids is 3. The lowest BCUT2D eigenvalue weighted by molar-refractivity contribution is -0.145. The zero-order valence-corrected chi connectivity index (χ0v) is 21.5. The first kappa shape index (κ1) is 29.2. The minimum Gasteiger partial charge on any atom is -0.508 e. The van der Waals surface area contributed by atoms with Gasteiger partial charge in [0.25, 0.3) is 0 Å². The molecule has 1 rings (SSSR count). The predicted molar refractivity (Wildman–Crippen MR) is 130 cm³/mol. The third-order valence-corrected chi connectivity index (χ3v) is 5.38. The summed E-state index contributed by atoms with van der Waals surface area (Å²) in [6.07, 6.45) is 1.37. The van der Waals surface area contributed by atoms with Gasteiger partial charge in [0.1, 0.15) is 23.4 Å². The highest BCUT2D eigenvalue weighted by atomic mass is 16.6. The maximum absolute atomic E-state index is 13.6. The number of hydrogen-bond acceptors (Lipinski definition) is 6. The summed E-state index contributed by atoms with van der Waals surface area (Å²) >= 11 is 0. The number of nitrogens with zero attached hydrogens (tertiary/aromatic N) is 1. The fraction of sp³-hybridized carbons (Fsp3) is 0.640. The van der Waals surface area contributed by atoms with Crippen LogP contribution >= 0.6 is 0 Å². The second-order valence-corrected chi connectivity index (χ2v) is 9.48. The number of unbranched alkanes of at least 4 members (excludes halogenated alkanes) is 1. The molecule has 0 aliphatic heterocycles. The van der Waals surface area contributed by atoms with Gasteiger partial charge < -0.3 is 30.5 Å². The molecule has 0 fully saturated rings. The molecule has 9 nitrogen and oxygen atoms in total. The molecule has 0 saturated heterocycles. The first-order valence-electron chi connectivity index (χ1n) is 11.9. The van der Waals surface area contributed by atoms with Crippen molar-refractivity contribution in [3.63, 3.8) is 0 Å². The van der Waals surface area contributed by atoms with Gasteiger partial charge >= 0.3 is 6.09 Å². The molecular formula is C25H41N3O6. The van der Waals surface area contributed by atoms with E-state index in [1.54, 1.807) is 46.8 Å². The second kappa shape index (κ2) is 13.2. The number of aromatic hydroxyl groups is 1. The van der Waals surface area contributed by atoms with Crippen LogP contribution in [0.4, 0.5) is 4.79 Å². The van der Waals surface area contributed by atoms with Crippen molar-refractivity contribution in [2.75, 3.05) is 13.2 Å². The lowest BCUT2D eigenvalue weighted by atomic mass is 9.98. The van der Waals surface area contributed by atoms with Gasteiger partial charge in [0, 0.05) is 12.6 Å². The summed E-state index contributed by atoms with van der Waals surface area (Å²) in [7, 11) is 0. The number of phenols is 1. The number of rotatable bonds is 11. The average Bonchev–Trinajstić information content (AvgIpc) is 2.75. The highest BCUT2D eigenvalue weighted by Gasteiger charge is 2.38. The lowest BCUT2D eigenvalue weighted by Crippen LogP contribution is -2.56. The van der Waals surface area contributed by atoms with Crippen molar-refractivity contribution >= 4 is 17.9 Å². The van der Waals surface area contributed by atoms with E-state index < -0.39 is 42.3 Å². The molecule has 192 valence electrons. The number of aliphatic hydroxyl groups excluding tert-OH is 1. The zero-order chi connectivity index (χ0) is 26.1. The third-order valence-electron chi connectivity index (χ3n) is 5.38. The van der Waals surface area contributed by atoms with Gasteiger partial charge in [0.15, 0.2) is 0 Å². The van der Waals surface area contributed by atoms with Crippen LogP contribution in [0.1, 0.15) is 78.0 Å². The molecule has 9 heteroatoms. The molecule has 3 amide bonds. The molecule has 0 aliphatic carbocycles. The normalized spacial score (nSPS) is 14.0. The van der Waals surface area contributed by atoms with Crippen LogP contribution in [0.2, 0.25) is 0 Å². The first-order chi connectivity index (χ1) is 15.9. The second-order valence-electron chi connectivity index (χ2n) is 9.48. The lowest BCUT2D eigenvalue weighted by Gasteiger charge is -2.38. The van der Waals surface area contributed by atoms with Crippen LogP contribution in [-0.2, 0) is 14.3 Å². The van der Waals surface area contributed by atoms with Gasteiger partial charge in [-0.15, -0.1) is 0 Å². The minimum absolute atomic E-state index is 0.0788. The molecule has 0 aromatic heterocycles. The molecule has 4 N–H and O–H groups in total. The molecule has 0 radical (unpaired) electrons. The van der Waals surface area contributed by atoms with Crippen molar-refractivity contribution in [2.24, 2.45) is 0 Å². The summed E-state index contributed by atoms with van der Waals surface area (Å²) in [4.78, 5) is 40.7. The van der Waals surface area contributed by atoms with E-state index in [1.807, 2.05) is 13.8 Å². The average molecular weight is 480 g/mol. The van der Waals surface area contributed by atoms with Crippen molar-refractivity contribution < 1.29 is 29.3 Å². The number of alkyl carbamates (subject to hydrolysis) is 1. The van der Waals surface area contributed by atoms with Crippen molar-refractivity contribution in [3.8, 4) is 5.75 Å². The Labute approximate surface area is 202 Å². The van der Waals surface area contributed by atoms with Crippen LogP contribution in [0.3, 0.4) is 0 Å². The van der Waals surface area contributed by atoms with Crippen LogP contribution in [0.5, 0.6) is 5.75 Å². The van der Waals surface area contributed by atoms with E-state index >= 15 is 0 Å². The van der Waals surface area contributed by atoms with Gasteiger partial charge in [-0.2, -0.15) is 0 Å². The summed E-state index contributed by atoms with van der Waals surface area (Å²) in [5.74, 6) is -0.902. The molecule has 0 saturated carbocycles. The van der Waals surface area contributed by atoms with Crippen molar-refractivity contribution in [1.82, 2.24) is 15.5 Å². The molecule has 0 aliphatic rings. The molecule has 34 heavy (non-hydrogen) atoms. The third kappa shape index (κ3) is 8.52. The summed E-state index contributed by atoms with van der Waals surface area (Å²) in [5.41, 5.74) is 0.298. The number of benzene rings is 1. The van der Waals surface area contributed by atoms with Crippen LogP contribution in [-0.4, -0.2) is 63.9 Å². The SMILES string of the molecule is CCCCNC(=O)C(c1ccc(O)c(C)c1)N(C(=O)C(CO)NC(=O)OC(C)(C)C)C(C)CC. The number of aryl methyl sites for hydroxylation is 1. The minimum atomic E-state index is -1.30. The Balaban J connectivity index is 3.42. The van der Waals surface area contributed by atoms with E-state index in [2.05, 4.69) is 10.6 Å². The number of ether oxygens (including phenoxy) is 1. The van der Waals surface area contributed by atoms with E-state index in [9.17, 15) is 24.6 Å². The van der Waals surface area contributed by atoms with Crippen molar-refractivity contribution in [2.45, 2.75) is 91.5 Å².